The number of aromatic carboxylic acids is 1. The van der Waals surface area contributed by atoms with Crippen LogP contribution in [0.2, 0.25) is 0 Å². The van der Waals surface area contributed by atoms with Gasteiger partial charge in [0, 0.05) is 37.4 Å². The molecular weight excluding hydrogens is 490 g/mol. The Balaban J connectivity index is 1.84. The molecule has 7 nitrogen and oxygen atoms in total. The fraction of sp³-hybridized carbons (Fsp3) is 0.562. The molecule has 0 aliphatic carbocycles. The van der Waals surface area contributed by atoms with Crippen LogP contribution in [0.5, 0.6) is 5.75 Å². The number of carboxylic acids is 1. The van der Waals surface area contributed by atoms with Crippen LogP contribution in [0.3, 0.4) is 0 Å². The second-order valence-electron chi connectivity index (χ2n) is 11.0. The van der Waals surface area contributed by atoms with E-state index in [1.165, 1.54) is 19.3 Å². The van der Waals surface area contributed by atoms with Gasteiger partial charge in [-0.1, -0.05) is 64.7 Å². The molecule has 0 spiro atoms. The van der Waals surface area contributed by atoms with Crippen LogP contribution in [-0.4, -0.2) is 60.7 Å². The van der Waals surface area contributed by atoms with E-state index in [4.69, 9.17) is 4.74 Å². The summed E-state index contributed by atoms with van der Waals surface area (Å²) in [5, 5.41) is 13.4. The lowest BCUT2D eigenvalue weighted by atomic mass is 10.0. The van der Waals surface area contributed by atoms with E-state index in [0.29, 0.717) is 18.6 Å². The van der Waals surface area contributed by atoms with E-state index >= 15 is 0 Å². The third-order valence-corrected chi connectivity index (χ3v) is 7.50. The summed E-state index contributed by atoms with van der Waals surface area (Å²) in [6.07, 6.45) is 8.56. The fourth-order valence-corrected chi connectivity index (χ4v) is 5.33. The Morgan fingerprint density at radius 3 is 2.36 bits per heavy atom. The number of rotatable bonds is 15. The highest BCUT2D eigenvalue weighted by Gasteiger charge is 2.25. The molecule has 1 aliphatic rings. The standard InChI is InChI=1S/C32H47N3O4/c1-5-6-7-8-9-10-26-13-14-27(32(37)38)21-30(26)35(22-25-11-15-29(39-4)16-12-25)23-31(36)34-19-17-28(18-20-34)33-24(2)3/h11-16,21,24,28,33H,5-10,17-20,22-23H2,1-4H3,(H,37,38). The van der Waals surface area contributed by atoms with Gasteiger partial charge in [-0.05, 0) is 61.1 Å². The number of carbonyl (C=O) groups is 2. The highest BCUT2D eigenvalue weighted by Crippen LogP contribution is 2.28. The molecule has 1 amide bonds. The molecule has 1 aliphatic heterocycles. The van der Waals surface area contributed by atoms with Crippen LogP contribution < -0.4 is 15.0 Å². The average molecular weight is 538 g/mol. The Labute approximate surface area is 234 Å². The molecule has 39 heavy (non-hydrogen) atoms. The van der Waals surface area contributed by atoms with Gasteiger partial charge in [0.1, 0.15) is 5.75 Å². The summed E-state index contributed by atoms with van der Waals surface area (Å²) in [5.41, 5.74) is 3.22. The molecule has 2 N–H and O–H groups in total. The molecule has 2 aromatic rings. The van der Waals surface area contributed by atoms with Crippen LogP contribution >= 0.6 is 0 Å². The maximum Gasteiger partial charge on any atom is 0.335 e. The van der Waals surface area contributed by atoms with Crippen LogP contribution in [0, 0.1) is 0 Å². The van der Waals surface area contributed by atoms with E-state index in [-0.39, 0.29) is 18.0 Å². The van der Waals surface area contributed by atoms with Crippen LogP contribution in [0.15, 0.2) is 42.5 Å². The molecule has 2 aromatic carbocycles. The molecule has 7 heteroatoms. The fourth-order valence-electron chi connectivity index (χ4n) is 5.33. The molecule has 1 fully saturated rings. The van der Waals surface area contributed by atoms with Gasteiger partial charge in [0.15, 0.2) is 0 Å². The molecule has 0 bridgehead atoms. The Morgan fingerprint density at radius 2 is 1.74 bits per heavy atom. The van der Waals surface area contributed by atoms with Gasteiger partial charge < -0.3 is 25.0 Å². The number of benzene rings is 2. The van der Waals surface area contributed by atoms with E-state index in [2.05, 4.69) is 31.0 Å². The number of amides is 1. The van der Waals surface area contributed by atoms with Gasteiger partial charge in [-0.15, -0.1) is 0 Å². The number of methoxy groups -OCH3 is 1. The van der Waals surface area contributed by atoms with Crippen molar-refractivity contribution in [1.82, 2.24) is 10.2 Å². The number of nitrogens with one attached hydrogen (secondary N) is 1. The van der Waals surface area contributed by atoms with Crippen LogP contribution in [-0.2, 0) is 17.8 Å². The molecule has 0 unspecified atom stereocenters. The van der Waals surface area contributed by atoms with Gasteiger partial charge in [0.05, 0.1) is 19.2 Å². The zero-order chi connectivity index (χ0) is 28.2. The first-order valence-electron chi connectivity index (χ1n) is 14.6. The van der Waals surface area contributed by atoms with Crippen LogP contribution in [0.4, 0.5) is 5.69 Å². The van der Waals surface area contributed by atoms with E-state index in [0.717, 1.165) is 67.8 Å². The number of ether oxygens (including phenoxy) is 1. The quantitative estimate of drug-likeness (QED) is 0.275. The van der Waals surface area contributed by atoms with E-state index in [1.54, 1.807) is 19.2 Å². The number of carboxylic acid groups (broad SMARTS) is 1. The molecule has 0 aromatic heterocycles. The summed E-state index contributed by atoms with van der Waals surface area (Å²) in [7, 11) is 1.64. The number of anilines is 1. The highest BCUT2D eigenvalue weighted by molar-refractivity contribution is 5.90. The van der Waals surface area contributed by atoms with Gasteiger partial charge >= 0.3 is 5.97 Å². The summed E-state index contributed by atoms with van der Waals surface area (Å²) in [6.45, 7) is 8.70. The lowest BCUT2D eigenvalue weighted by Gasteiger charge is -2.35. The first-order chi connectivity index (χ1) is 18.8. The maximum absolute atomic E-state index is 13.6. The number of likely N-dealkylation sites (tertiary alicyclic amines) is 1. The van der Waals surface area contributed by atoms with Crippen molar-refractivity contribution in [2.75, 3.05) is 31.6 Å². The van der Waals surface area contributed by atoms with Crippen molar-refractivity contribution >= 4 is 17.6 Å². The van der Waals surface area contributed by atoms with Crippen molar-refractivity contribution in [3.63, 3.8) is 0 Å². The highest BCUT2D eigenvalue weighted by atomic mass is 16.5. The van der Waals surface area contributed by atoms with E-state index in [9.17, 15) is 14.7 Å². The number of unbranched alkanes of at least 4 members (excludes halogenated alkanes) is 4. The maximum atomic E-state index is 13.6. The minimum Gasteiger partial charge on any atom is -0.497 e. The molecule has 1 heterocycles. The second kappa shape index (κ2) is 15.5. The van der Waals surface area contributed by atoms with Gasteiger partial charge in [-0.25, -0.2) is 4.79 Å². The van der Waals surface area contributed by atoms with E-state index < -0.39 is 5.97 Å². The summed E-state index contributed by atoms with van der Waals surface area (Å²) in [5.74, 6) is -0.0952. The largest absolute Gasteiger partial charge is 0.497 e. The third-order valence-electron chi connectivity index (χ3n) is 7.50. The lowest BCUT2D eigenvalue weighted by Crippen LogP contribution is -2.49. The molecule has 0 atom stereocenters. The van der Waals surface area contributed by atoms with Gasteiger partial charge in [-0.2, -0.15) is 0 Å². The number of piperidine rings is 1. The van der Waals surface area contributed by atoms with Crippen molar-refractivity contribution in [3.8, 4) is 5.75 Å². The zero-order valence-corrected chi connectivity index (χ0v) is 24.2. The topological polar surface area (TPSA) is 82.1 Å². The average Bonchev–Trinajstić information content (AvgIpc) is 2.93. The third kappa shape index (κ3) is 9.57. The minimum absolute atomic E-state index is 0.0844. The predicted octanol–water partition coefficient (Wildman–Crippen LogP) is 5.90. The number of hydrogen-bond donors (Lipinski definition) is 2. The van der Waals surface area contributed by atoms with Gasteiger partial charge in [0.2, 0.25) is 5.91 Å². The van der Waals surface area contributed by atoms with Gasteiger partial charge in [0.25, 0.3) is 0 Å². The second-order valence-corrected chi connectivity index (χ2v) is 11.0. The monoisotopic (exact) mass is 537 g/mol. The van der Waals surface area contributed by atoms with Crippen LogP contribution in [0.1, 0.15) is 87.2 Å². The zero-order valence-electron chi connectivity index (χ0n) is 24.2. The van der Waals surface area contributed by atoms with Crippen molar-refractivity contribution in [2.24, 2.45) is 0 Å². The summed E-state index contributed by atoms with van der Waals surface area (Å²) >= 11 is 0. The minimum atomic E-state index is -0.957. The summed E-state index contributed by atoms with van der Waals surface area (Å²) in [6, 6.07) is 14.1. The molecule has 3 rings (SSSR count). The summed E-state index contributed by atoms with van der Waals surface area (Å²) in [4.78, 5) is 29.5. The van der Waals surface area contributed by atoms with Crippen molar-refractivity contribution in [1.29, 1.82) is 0 Å². The number of nitrogens with zero attached hydrogens (tertiary/aromatic N) is 2. The Morgan fingerprint density at radius 1 is 1.05 bits per heavy atom. The molecule has 0 radical (unpaired) electrons. The molecule has 0 saturated carbocycles. The van der Waals surface area contributed by atoms with Gasteiger partial charge in [-0.3, -0.25) is 4.79 Å². The predicted molar refractivity (Wildman–Crippen MR) is 158 cm³/mol. The Kier molecular flexibility index (Phi) is 12.1. The first-order valence-corrected chi connectivity index (χ1v) is 14.6. The number of hydrogen-bond acceptors (Lipinski definition) is 5. The first kappa shape index (κ1) is 30.5. The number of carbonyl (C=O) groups excluding carboxylic acids is 1. The van der Waals surface area contributed by atoms with Crippen molar-refractivity contribution in [3.05, 3.63) is 59.2 Å². The summed E-state index contributed by atoms with van der Waals surface area (Å²) < 4.78 is 5.32. The Hall–Kier alpha value is -3.06. The molecular formula is C32H47N3O4. The van der Waals surface area contributed by atoms with E-state index in [1.807, 2.05) is 35.2 Å². The lowest BCUT2D eigenvalue weighted by molar-refractivity contribution is -0.130. The number of aryl methyl sites for hydroxylation is 1. The molecule has 214 valence electrons. The molecule has 1 saturated heterocycles. The van der Waals surface area contributed by atoms with Crippen molar-refractivity contribution in [2.45, 2.75) is 90.8 Å². The smallest absolute Gasteiger partial charge is 0.335 e. The SMILES string of the molecule is CCCCCCCc1ccc(C(=O)O)cc1N(CC(=O)N1CCC(NC(C)C)CC1)Cc1ccc(OC)cc1. The normalized spacial score (nSPS) is 14.0. The van der Waals surface area contributed by atoms with Crippen molar-refractivity contribution < 1.29 is 19.4 Å². The van der Waals surface area contributed by atoms with Crippen LogP contribution in [0.25, 0.3) is 0 Å². The Bertz CT molecular complexity index is 1050.